The van der Waals surface area contributed by atoms with Gasteiger partial charge in [0, 0.05) is 12.2 Å². The highest BCUT2D eigenvalue weighted by molar-refractivity contribution is 6.11. The van der Waals surface area contributed by atoms with Crippen molar-refractivity contribution in [3.8, 4) is 0 Å². The molecule has 7 nitrogen and oxygen atoms in total. The van der Waals surface area contributed by atoms with Crippen LogP contribution in [0, 0.1) is 0 Å². The zero-order valence-electron chi connectivity index (χ0n) is 11.5. The number of carboxylic acid groups (broad SMARTS) is 1. The minimum absolute atomic E-state index is 0.0411. The molecule has 1 amide bonds. The minimum atomic E-state index is -1.45. The van der Waals surface area contributed by atoms with Crippen molar-refractivity contribution in [3.63, 3.8) is 0 Å². The Kier molecular flexibility index (Phi) is 4.23. The number of hydrogen-bond donors (Lipinski definition) is 2. The molecule has 0 saturated heterocycles. The van der Waals surface area contributed by atoms with E-state index >= 15 is 0 Å². The molecule has 1 aliphatic heterocycles. The number of fused-ring (bicyclic) bond motifs is 1. The van der Waals surface area contributed by atoms with Gasteiger partial charge in [0.2, 0.25) is 0 Å². The molecule has 7 heteroatoms. The van der Waals surface area contributed by atoms with Crippen LogP contribution in [0.2, 0.25) is 0 Å². The van der Waals surface area contributed by atoms with Crippen LogP contribution in [-0.4, -0.2) is 42.1 Å². The van der Waals surface area contributed by atoms with E-state index in [1.165, 1.54) is 4.90 Å². The van der Waals surface area contributed by atoms with Crippen molar-refractivity contribution in [2.45, 2.75) is 18.9 Å². The summed E-state index contributed by atoms with van der Waals surface area (Å²) in [6.45, 7) is 1.69. The standard InChI is InChI=1S/C14H16N2O5/c1-2-21-14(20)11(15)12(17)16-7-9(13(18)19)8-5-3-4-6-10(8)16/h3-6,9,11H,2,7,15H2,1H3,(H,18,19). The van der Waals surface area contributed by atoms with E-state index in [2.05, 4.69) is 0 Å². The van der Waals surface area contributed by atoms with Gasteiger partial charge in [-0.05, 0) is 18.6 Å². The summed E-state index contributed by atoms with van der Waals surface area (Å²) in [4.78, 5) is 36.4. The summed E-state index contributed by atoms with van der Waals surface area (Å²) < 4.78 is 4.72. The molecule has 1 aliphatic rings. The van der Waals surface area contributed by atoms with Gasteiger partial charge in [-0.25, -0.2) is 4.79 Å². The lowest BCUT2D eigenvalue weighted by molar-refractivity contribution is -0.147. The normalized spacial score (nSPS) is 18.0. The minimum Gasteiger partial charge on any atom is -0.481 e. The first-order valence-electron chi connectivity index (χ1n) is 6.52. The first-order chi connectivity index (χ1) is 9.97. The molecule has 1 aromatic rings. The van der Waals surface area contributed by atoms with Crippen molar-refractivity contribution in [1.82, 2.24) is 0 Å². The zero-order chi connectivity index (χ0) is 15.6. The molecule has 1 heterocycles. The molecule has 0 radical (unpaired) electrons. The highest BCUT2D eigenvalue weighted by Crippen LogP contribution is 2.36. The number of anilines is 1. The molecule has 0 aliphatic carbocycles. The van der Waals surface area contributed by atoms with Gasteiger partial charge in [-0.1, -0.05) is 18.2 Å². The van der Waals surface area contributed by atoms with E-state index < -0.39 is 29.8 Å². The SMILES string of the molecule is CCOC(=O)C(N)C(=O)N1CC(C(=O)O)c2ccccc21. The average molecular weight is 292 g/mol. The predicted octanol–water partition coefficient (Wildman–Crippen LogP) is 0.0918. The molecule has 21 heavy (non-hydrogen) atoms. The number of para-hydroxylation sites is 1. The fourth-order valence-corrected chi connectivity index (χ4v) is 2.33. The number of hydrogen-bond acceptors (Lipinski definition) is 5. The van der Waals surface area contributed by atoms with Crippen LogP contribution in [0.3, 0.4) is 0 Å². The maximum atomic E-state index is 12.3. The number of carbonyl (C=O) groups excluding carboxylic acids is 2. The molecule has 0 aromatic heterocycles. The second-order valence-electron chi connectivity index (χ2n) is 4.63. The van der Waals surface area contributed by atoms with E-state index in [1.54, 1.807) is 31.2 Å². The Bertz CT molecular complexity index is 586. The van der Waals surface area contributed by atoms with E-state index in [4.69, 9.17) is 10.5 Å². The average Bonchev–Trinajstić information content (AvgIpc) is 2.85. The number of carboxylic acids is 1. The molecule has 2 unspecified atom stereocenters. The number of carbonyl (C=O) groups is 3. The summed E-state index contributed by atoms with van der Waals surface area (Å²) in [5.74, 6) is -3.33. The first kappa shape index (κ1) is 15.0. The Morgan fingerprint density at radius 3 is 2.71 bits per heavy atom. The van der Waals surface area contributed by atoms with Crippen molar-refractivity contribution in [1.29, 1.82) is 0 Å². The lowest BCUT2D eigenvalue weighted by Crippen LogP contribution is -2.49. The molecular weight excluding hydrogens is 276 g/mol. The predicted molar refractivity (Wildman–Crippen MR) is 73.8 cm³/mol. The van der Waals surface area contributed by atoms with Crippen molar-refractivity contribution in [2.75, 3.05) is 18.1 Å². The van der Waals surface area contributed by atoms with Crippen LogP contribution in [-0.2, 0) is 19.1 Å². The Hall–Kier alpha value is -2.41. The van der Waals surface area contributed by atoms with E-state index in [-0.39, 0.29) is 13.2 Å². The Balaban J connectivity index is 2.27. The van der Waals surface area contributed by atoms with Gasteiger partial charge in [0.25, 0.3) is 5.91 Å². The summed E-state index contributed by atoms with van der Waals surface area (Å²) in [6.07, 6.45) is 0. The summed E-state index contributed by atoms with van der Waals surface area (Å²) in [5.41, 5.74) is 6.60. The van der Waals surface area contributed by atoms with Gasteiger partial charge in [0.15, 0.2) is 6.04 Å². The summed E-state index contributed by atoms with van der Waals surface area (Å²) >= 11 is 0. The van der Waals surface area contributed by atoms with Crippen LogP contribution >= 0.6 is 0 Å². The monoisotopic (exact) mass is 292 g/mol. The Morgan fingerprint density at radius 2 is 2.10 bits per heavy atom. The number of amides is 1. The molecule has 2 atom stereocenters. The molecule has 0 fully saturated rings. The van der Waals surface area contributed by atoms with Gasteiger partial charge < -0.3 is 20.5 Å². The summed E-state index contributed by atoms with van der Waals surface area (Å²) in [7, 11) is 0. The molecule has 0 bridgehead atoms. The first-order valence-corrected chi connectivity index (χ1v) is 6.52. The van der Waals surface area contributed by atoms with Crippen LogP contribution < -0.4 is 10.6 Å². The fourth-order valence-electron chi connectivity index (χ4n) is 2.33. The molecule has 112 valence electrons. The van der Waals surface area contributed by atoms with Crippen molar-refractivity contribution >= 4 is 23.5 Å². The van der Waals surface area contributed by atoms with Gasteiger partial charge in [-0.15, -0.1) is 0 Å². The van der Waals surface area contributed by atoms with Crippen LogP contribution in [0.4, 0.5) is 5.69 Å². The maximum absolute atomic E-state index is 12.3. The topological polar surface area (TPSA) is 110 Å². The number of esters is 1. The number of nitrogens with two attached hydrogens (primary N) is 1. The fraction of sp³-hybridized carbons (Fsp3) is 0.357. The zero-order valence-corrected chi connectivity index (χ0v) is 11.5. The Labute approximate surface area is 121 Å². The lowest BCUT2D eigenvalue weighted by atomic mass is 10.0. The van der Waals surface area contributed by atoms with E-state index in [0.717, 1.165) is 0 Å². The smallest absolute Gasteiger partial charge is 0.332 e. The van der Waals surface area contributed by atoms with Crippen LogP contribution in [0.1, 0.15) is 18.4 Å². The number of rotatable bonds is 4. The quantitative estimate of drug-likeness (QED) is 0.601. The van der Waals surface area contributed by atoms with Gasteiger partial charge in [0.05, 0.1) is 6.61 Å². The highest BCUT2D eigenvalue weighted by Gasteiger charge is 2.39. The second-order valence-corrected chi connectivity index (χ2v) is 4.63. The van der Waals surface area contributed by atoms with Gasteiger partial charge in [-0.3, -0.25) is 9.59 Å². The number of ether oxygens (including phenoxy) is 1. The van der Waals surface area contributed by atoms with E-state index in [1.807, 2.05) is 0 Å². The van der Waals surface area contributed by atoms with Crippen LogP contribution in [0.5, 0.6) is 0 Å². The molecule has 1 aromatic carbocycles. The lowest BCUT2D eigenvalue weighted by Gasteiger charge is -2.20. The van der Waals surface area contributed by atoms with Crippen LogP contribution in [0.25, 0.3) is 0 Å². The Morgan fingerprint density at radius 1 is 1.43 bits per heavy atom. The third-order valence-corrected chi connectivity index (χ3v) is 3.34. The van der Waals surface area contributed by atoms with Crippen molar-refractivity contribution < 1.29 is 24.2 Å². The molecule has 3 N–H and O–H groups in total. The van der Waals surface area contributed by atoms with Crippen LogP contribution in [0.15, 0.2) is 24.3 Å². The maximum Gasteiger partial charge on any atom is 0.332 e. The number of benzene rings is 1. The van der Waals surface area contributed by atoms with Crippen molar-refractivity contribution in [2.24, 2.45) is 5.73 Å². The summed E-state index contributed by atoms with van der Waals surface area (Å²) in [6, 6.07) is 5.23. The largest absolute Gasteiger partial charge is 0.481 e. The van der Waals surface area contributed by atoms with E-state index in [9.17, 15) is 19.5 Å². The van der Waals surface area contributed by atoms with Gasteiger partial charge >= 0.3 is 11.9 Å². The third-order valence-electron chi connectivity index (χ3n) is 3.34. The molecule has 0 saturated carbocycles. The molecule has 2 rings (SSSR count). The second kappa shape index (κ2) is 5.92. The highest BCUT2D eigenvalue weighted by atomic mass is 16.5. The van der Waals surface area contributed by atoms with Gasteiger partial charge in [-0.2, -0.15) is 0 Å². The van der Waals surface area contributed by atoms with E-state index in [0.29, 0.717) is 11.3 Å². The number of aliphatic carboxylic acids is 1. The third kappa shape index (κ3) is 2.73. The molecular formula is C14H16N2O5. The summed E-state index contributed by atoms with van der Waals surface area (Å²) in [5, 5.41) is 9.23. The van der Waals surface area contributed by atoms with Crippen molar-refractivity contribution in [3.05, 3.63) is 29.8 Å². The van der Waals surface area contributed by atoms with Gasteiger partial charge in [0.1, 0.15) is 5.92 Å². The molecule has 0 spiro atoms. The number of nitrogens with zero attached hydrogens (tertiary/aromatic N) is 1.